The van der Waals surface area contributed by atoms with Gasteiger partial charge in [-0.15, -0.1) is 0 Å². The van der Waals surface area contributed by atoms with Gasteiger partial charge in [-0.1, -0.05) is 40.0 Å². The second-order valence-electron chi connectivity index (χ2n) is 7.37. The van der Waals surface area contributed by atoms with Crippen molar-refractivity contribution in [2.75, 3.05) is 7.11 Å². The fraction of sp³-hybridized carbons (Fsp3) is 0.944. The zero-order chi connectivity index (χ0) is 16.2. The van der Waals surface area contributed by atoms with Crippen molar-refractivity contribution in [2.45, 2.75) is 90.0 Å². The summed E-state index contributed by atoms with van der Waals surface area (Å²) in [6.07, 6.45) is 8.65. The highest BCUT2D eigenvalue weighted by molar-refractivity contribution is 6.73. The Morgan fingerprint density at radius 1 is 1.05 bits per heavy atom. The Balaban J connectivity index is 2.27. The molecule has 4 heteroatoms. The van der Waals surface area contributed by atoms with Crippen LogP contribution in [0.3, 0.4) is 0 Å². The Morgan fingerprint density at radius 2 is 1.64 bits per heavy atom. The molecule has 2 rings (SSSR count). The van der Waals surface area contributed by atoms with Crippen LogP contribution in [-0.2, 0) is 14.0 Å². The molecule has 0 heterocycles. The van der Waals surface area contributed by atoms with Crippen LogP contribution in [0.2, 0.25) is 18.1 Å². The average molecular weight is 327 g/mol. The second kappa shape index (κ2) is 7.48. The SMILES string of the molecule is CC[Si](CC)(CC)O[C@@H]1[C@H](C(=O)OC)CCC12CCCCC2. The van der Waals surface area contributed by atoms with E-state index in [4.69, 9.17) is 9.16 Å². The number of carbonyl (C=O) groups is 1. The first-order valence-electron chi connectivity index (χ1n) is 9.32. The Labute approximate surface area is 137 Å². The number of methoxy groups -OCH3 is 1. The van der Waals surface area contributed by atoms with E-state index < -0.39 is 8.32 Å². The monoisotopic (exact) mass is 326 g/mol. The molecular weight excluding hydrogens is 292 g/mol. The first kappa shape index (κ1) is 18.0. The number of esters is 1. The smallest absolute Gasteiger partial charge is 0.311 e. The van der Waals surface area contributed by atoms with Crippen molar-refractivity contribution in [1.29, 1.82) is 0 Å². The van der Waals surface area contributed by atoms with E-state index in [0.717, 1.165) is 31.0 Å². The van der Waals surface area contributed by atoms with Crippen LogP contribution >= 0.6 is 0 Å². The third kappa shape index (κ3) is 3.28. The highest BCUT2D eigenvalue weighted by Crippen LogP contribution is 2.54. The molecule has 2 atom stereocenters. The predicted octanol–water partition coefficient (Wildman–Crippen LogP) is 4.91. The minimum atomic E-state index is -1.70. The quantitative estimate of drug-likeness (QED) is 0.514. The normalized spacial score (nSPS) is 28.0. The van der Waals surface area contributed by atoms with Gasteiger partial charge in [-0.3, -0.25) is 4.79 Å². The van der Waals surface area contributed by atoms with Gasteiger partial charge in [0, 0.05) is 0 Å². The van der Waals surface area contributed by atoms with Crippen molar-refractivity contribution < 1.29 is 14.0 Å². The summed E-state index contributed by atoms with van der Waals surface area (Å²) in [5, 5.41) is 0. The molecule has 0 aromatic heterocycles. The van der Waals surface area contributed by atoms with Crippen molar-refractivity contribution in [3.63, 3.8) is 0 Å². The van der Waals surface area contributed by atoms with Crippen LogP contribution in [0.1, 0.15) is 65.7 Å². The molecule has 2 aliphatic carbocycles. The number of hydrogen-bond acceptors (Lipinski definition) is 3. The third-order valence-corrected chi connectivity index (χ3v) is 11.2. The van der Waals surface area contributed by atoms with E-state index in [1.165, 1.54) is 39.2 Å². The fourth-order valence-corrected chi connectivity index (χ4v) is 7.78. The highest BCUT2D eigenvalue weighted by atomic mass is 28.4. The number of ether oxygens (including phenoxy) is 1. The lowest BCUT2D eigenvalue weighted by atomic mass is 9.71. The molecule has 2 fully saturated rings. The van der Waals surface area contributed by atoms with Gasteiger partial charge in [-0.05, 0) is 49.2 Å². The van der Waals surface area contributed by atoms with E-state index >= 15 is 0 Å². The Bertz CT molecular complexity index is 364. The minimum absolute atomic E-state index is 0.0281. The van der Waals surface area contributed by atoms with Gasteiger partial charge in [0.05, 0.1) is 19.1 Å². The molecule has 22 heavy (non-hydrogen) atoms. The predicted molar refractivity (Wildman–Crippen MR) is 92.3 cm³/mol. The highest BCUT2D eigenvalue weighted by Gasteiger charge is 2.54. The van der Waals surface area contributed by atoms with E-state index in [2.05, 4.69) is 20.8 Å². The molecule has 0 unspecified atom stereocenters. The maximum Gasteiger partial charge on any atom is 0.311 e. The molecule has 2 saturated carbocycles. The molecule has 1 spiro atoms. The summed E-state index contributed by atoms with van der Waals surface area (Å²) >= 11 is 0. The van der Waals surface area contributed by atoms with Crippen LogP contribution in [0.5, 0.6) is 0 Å². The zero-order valence-electron chi connectivity index (χ0n) is 15.0. The fourth-order valence-electron chi connectivity index (χ4n) is 4.82. The summed E-state index contributed by atoms with van der Waals surface area (Å²) in [7, 11) is -0.177. The van der Waals surface area contributed by atoms with Crippen LogP contribution in [0.25, 0.3) is 0 Å². The van der Waals surface area contributed by atoms with Crippen molar-refractivity contribution >= 4 is 14.3 Å². The van der Waals surface area contributed by atoms with Gasteiger partial charge in [-0.25, -0.2) is 0 Å². The Kier molecular flexibility index (Phi) is 6.12. The van der Waals surface area contributed by atoms with Gasteiger partial charge in [0.2, 0.25) is 0 Å². The molecule has 0 bridgehead atoms. The average Bonchev–Trinajstić information content (AvgIpc) is 2.90. The lowest BCUT2D eigenvalue weighted by molar-refractivity contribution is -0.149. The van der Waals surface area contributed by atoms with Gasteiger partial charge < -0.3 is 9.16 Å². The lowest BCUT2D eigenvalue weighted by Gasteiger charge is -2.44. The summed E-state index contributed by atoms with van der Waals surface area (Å²) < 4.78 is 12.0. The van der Waals surface area contributed by atoms with E-state index in [0.29, 0.717) is 0 Å². The summed E-state index contributed by atoms with van der Waals surface area (Å²) in [5.41, 5.74) is 0.259. The molecule has 3 nitrogen and oxygen atoms in total. The van der Waals surface area contributed by atoms with E-state index in [1.54, 1.807) is 0 Å². The first-order chi connectivity index (χ1) is 10.6. The third-order valence-electron chi connectivity index (χ3n) is 6.59. The van der Waals surface area contributed by atoms with Crippen LogP contribution in [-0.4, -0.2) is 27.5 Å². The van der Waals surface area contributed by atoms with Crippen molar-refractivity contribution in [1.82, 2.24) is 0 Å². The second-order valence-corrected chi connectivity index (χ2v) is 12.1. The number of rotatable bonds is 6. The molecule has 0 radical (unpaired) electrons. The molecular formula is C18H34O3Si. The van der Waals surface area contributed by atoms with Gasteiger partial charge in [0.1, 0.15) is 0 Å². The molecule has 0 aliphatic heterocycles. The summed E-state index contributed by atoms with van der Waals surface area (Å²) in [4.78, 5) is 12.3. The van der Waals surface area contributed by atoms with Crippen LogP contribution < -0.4 is 0 Å². The Hall–Kier alpha value is -0.353. The number of hydrogen-bond donors (Lipinski definition) is 0. The first-order valence-corrected chi connectivity index (χ1v) is 11.8. The largest absolute Gasteiger partial charge is 0.469 e. The molecule has 128 valence electrons. The van der Waals surface area contributed by atoms with Gasteiger partial charge in [0.25, 0.3) is 0 Å². The molecule has 0 aromatic rings. The summed E-state index contributed by atoms with van der Waals surface area (Å²) in [5.74, 6) is -0.0710. The van der Waals surface area contributed by atoms with Gasteiger partial charge in [0.15, 0.2) is 8.32 Å². The molecule has 0 amide bonds. The topological polar surface area (TPSA) is 35.5 Å². The van der Waals surface area contributed by atoms with Crippen molar-refractivity contribution in [2.24, 2.45) is 11.3 Å². The van der Waals surface area contributed by atoms with Crippen LogP contribution in [0.4, 0.5) is 0 Å². The minimum Gasteiger partial charge on any atom is -0.469 e. The van der Waals surface area contributed by atoms with E-state index in [-0.39, 0.29) is 23.4 Å². The van der Waals surface area contributed by atoms with Gasteiger partial charge >= 0.3 is 5.97 Å². The van der Waals surface area contributed by atoms with E-state index in [1.807, 2.05) is 0 Å². The molecule has 0 aromatic carbocycles. The van der Waals surface area contributed by atoms with Crippen LogP contribution in [0.15, 0.2) is 0 Å². The van der Waals surface area contributed by atoms with Crippen molar-refractivity contribution in [3.05, 3.63) is 0 Å². The Morgan fingerprint density at radius 3 is 2.14 bits per heavy atom. The standard InChI is InChI=1S/C18H34O3Si/c1-5-22(6-2,7-3)21-16-15(17(19)20-4)11-14-18(16)12-9-8-10-13-18/h15-16H,5-14H2,1-4H3/t15-,16-/m1/s1. The molecule has 2 aliphatic rings. The number of carbonyl (C=O) groups excluding carboxylic acids is 1. The maximum atomic E-state index is 12.3. The molecule has 0 saturated heterocycles. The summed E-state index contributed by atoms with van der Waals surface area (Å²) in [6.45, 7) is 6.82. The van der Waals surface area contributed by atoms with Gasteiger partial charge in [-0.2, -0.15) is 0 Å². The maximum absolute atomic E-state index is 12.3. The van der Waals surface area contributed by atoms with Crippen LogP contribution in [0, 0.1) is 11.3 Å². The summed E-state index contributed by atoms with van der Waals surface area (Å²) in [6, 6.07) is 3.46. The van der Waals surface area contributed by atoms with Crippen molar-refractivity contribution in [3.8, 4) is 0 Å². The lowest BCUT2D eigenvalue weighted by Crippen LogP contribution is -2.49. The van der Waals surface area contributed by atoms with E-state index in [9.17, 15) is 4.79 Å². The zero-order valence-corrected chi connectivity index (χ0v) is 16.0. The molecule has 0 N–H and O–H groups in total.